The molecule has 3 heteroatoms. The molecule has 122 valence electrons. The summed E-state index contributed by atoms with van der Waals surface area (Å²) in [5.74, 6) is -0.411. The van der Waals surface area contributed by atoms with Crippen LogP contribution in [0.5, 0.6) is 0 Å². The van der Waals surface area contributed by atoms with Crippen LogP contribution in [0.4, 0.5) is 0 Å². The first-order chi connectivity index (χ1) is 12.2. The van der Waals surface area contributed by atoms with E-state index in [0.717, 1.165) is 11.1 Å². The normalized spacial score (nSPS) is 15.5. The fraction of sp³-hybridized carbons (Fsp3) is 0.0909. The van der Waals surface area contributed by atoms with Gasteiger partial charge in [0.2, 0.25) is 5.91 Å². The molecule has 0 aliphatic carbocycles. The minimum Gasteiger partial charge on any atom is -0.274 e. The topological polar surface area (TPSA) is 37.4 Å². The maximum atomic E-state index is 13.1. The van der Waals surface area contributed by atoms with Crippen LogP contribution in [0.15, 0.2) is 91.0 Å². The molecule has 1 aliphatic rings. The Labute approximate surface area is 146 Å². The summed E-state index contributed by atoms with van der Waals surface area (Å²) in [5, 5.41) is 0. The number of rotatable bonds is 3. The first-order valence-corrected chi connectivity index (χ1v) is 8.27. The zero-order valence-corrected chi connectivity index (χ0v) is 13.6. The van der Waals surface area contributed by atoms with Gasteiger partial charge in [-0.25, -0.2) is 0 Å². The molecular weight excluding hydrogens is 310 g/mol. The molecule has 4 rings (SSSR count). The molecular formula is C22H17NO2. The van der Waals surface area contributed by atoms with E-state index in [9.17, 15) is 9.59 Å². The highest BCUT2D eigenvalue weighted by Crippen LogP contribution is 2.47. The lowest BCUT2D eigenvalue weighted by atomic mass is 9.72. The lowest BCUT2D eigenvalue weighted by molar-refractivity contribution is -0.147. The van der Waals surface area contributed by atoms with E-state index in [1.165, 1.54) is 4.90 Å². The van der Waals surface area contributed by atoms with Crippen LogP contribution in [0.25, 0.3) is 0 Å². The van der Waals surface area contributed by atoms with Crippen molar-refractivity contribution in [2.45, 2.75) is 12.0 Å². The number of nitrogens with zero attached hydrogens (tertiary/aromatic N) is 1. The second-order valence-electron chi connectivity index (χ2n) is 6.17. The monoisotopic (exact) mass is 327 g/mol. The van der Waals surface area contributed by atoms with E-state index in [4.69, 9.17) is 0 Å². The number of likely N-dealkylation sites (tertiary alicyclic amines) is 1. The van der Waals surface area contributed by atoms with E-state index >= 15 is 0 Å². The molecule has 25 heavy (non-hydrogen) atoms. The third-order valence-corrected chi connectivity index (χ3v) is 4.76. The first-order valence-electron chi connectivity index (χ1n) is 8.27. The summed E-state index contributed by atoms with van der Waals surface area (Å²) >= 11 is 0. The molecule has 1 heterocycles. The maximum Gasteiger partial charge on any atom is 0.261 e. The molecule has 0 spiro atoms. The van der Waals surface area contributed by atoms with E-state index < -0.39 is 5.54 Å². The van der Waals surface area contributed by atoms with Gasteiger partial charge in [0.1, 0.15) is 5.54 Å². The molecule has 2 amide bonds. The third kappa shape index (κ3) is 2.36. The van der Waals surface area contributed by atoms with Crippen LogP contribution in [0.3, 0.4) is 0 Å². The molecule has 1 aliphatic heterocycles. The number of hydrogen-bond acceptors (Lipinski definition) is 2. The molecule has 3 nitrogen and oxygen atoms in total. The Morgan fingerprint density at radius 1 is 0.720 bits per heavy atom. The van der Waals surface area contributed by atoms with Crippen LogP contribution in [0.1, 0.15) is 27.9 Å². The van der Waals surface area contributed by atoms with Crippen LogP contribution < -0.4 is 0 Å². The Hall–Kier alpha value is -3.20. The summed E-state index contributed by atoms with van der Waals surface area (Å²) in [6.07, 6.45) is 0.291. The molecule has 3 aromatic carbocycles. The van der Waals surface area contributed by atoms with Crippen LogP contribution in [0, 0.1) is 0 Å². The summed E-state index contributed by atoms with van der Waals surface area (Å²) in [6, 6.07) is 28.5. The average Bonchev–Trinajstić information content (AvgIpc) is 2.68. The van der Waals surface area contributed by atoms with E-state index in [1.54, 1.807) is 12.1 Å². The summed E-state index contributed by atoms with van der Waals surface area (Å²) in [7, 11) is 0. The highest BCUT2D eigenvalue weighted by atomic mass is 16.2. The van der Waals surface area contributed by atoms with Gasteiger partial charge >= 0.3 is 0 Å². The highest BCUT2D eigenvalue weighted by Gasteiger charge is 2.56. The maximum absolute atomic E-state index is 13.1. The van der Waals surface area contributed by atoms with Gasteiger partial charge in [-0.3, -0.25) is 14.5 Å². The van der Waals surface area contributed by atoms with Gasteiger partial charge in [-0.2, -0.15) is 0 Å². The Bertz CT molecular complexity index is 865. The number of benzene rings is 3. The van der Waals surface area contributed by atoms with Crippen LogP contribution in [0.2, 0.25) is 0 Å². The van der Waals surface area contributed by atoms with Crippen molar-refractivity contribution in [3.8, 4) is 0 Å². The van der Waals surface area contributed by atoms with Gasteiger partial charge in [0.15, 0.2) is 0 Å². The van der Waals surface area contributed by atoms with Crippen molar-refractivity contribution in [3.63, 3.8) is 0 Å². The molecule has 3 aromatic rings. The molecule has 0 N–H and O–H groups in total. The smallest absolute Gasteiger partial charge is 0.261 e. The lowest BCUT2D eigenvalue weighted by Crippen LogP contribution is -2.64. The SMILES string of the molecule is O=C1CC(c2ccccc2)(c2ccccc2)N1C(=O)c1ccccc1. The van der Waals surface area contributed by atoms with E-state index in [0.29, 0.717) is 12.0 Å². The van der Waals surface area contributed by atoms with Crippen molar-refractivity contribution in [1.29, 1.82) is 0 Å². The van der Waals surface area contributed by atoms with Crippen molar-refractivity contribution in [1.82, 2.24) is 4.90 Å². The molecule has 0 unspecified atom stereocenters. The fourth-order valence-electron chi connectivity index (χ4n) is 3.55. The van der Waals surface area contributed by atoms with E-state index in [2.05, 4.69) is 0 Å². The zero-order valence-electron chi connectivity index (χ0n) is 13.6. The largest absolute Gasteiger partial charge is 0.274 e. The molecule has 0 saturated carbocycles. The van der Waals surface area contributed by atoms with Gasteiger partial charge in [0, 0.05) is 5.56 Å². The van der Waals surface area contributed by atoms with Crippen molar-refractivity contribution in [2.24, 2.45) is 0 Å². The molecule has 0 bridgehead atoms. The number of imide groups is 1. The minimum absolute atomic E-state index is 0.151. The Morgan fingerprint density at radius 3 is 1.60 bits per heavy atom. The summed E-state index contributed by atoms with van der Waals surface area (Å²) in [4.78, 5) is 27.0. The second-order valence-corrected chi connectivity index (χ2v) is 6.17. The average molecular weight is 327 g/mol. The van der Waals surface area contributed by atoms with Gasteiger partial charge in [0.05, 0.1) is 6.42 Å². The van der Waals surface area contributed by atoms with Gasteiger partial charge < -0.3 is 0 Å². The molecule has 0 aromatic heterocycles. The Kier molecular flexibility index (Phi) is 3.69. The number of hydrogen-bond donors (Lipinski definition) is 0. The van der Waals surface area contributed by atoms with Crippen molar-refractivity contribution in [2.75, 3.05) is 0 Å². The number of carbonyl (C=O) groups excluding carboxylic acids is 2. The molecule has 1 fully saturated rings. The predicted octanol–water partition coefficient (Wildman–Crippen LogP) is 4.00. The van der Waals surface area contributed by atoms with Crippen LogP contribution >= 0.6 is 0 Å². The fourth-order valence-corrected chi connectivity index (χ4v) is 3.55. The van der Waals surface area contributed by atoms with Crippen LogP contribution in [-0.2, 0) is 10.3 Å². The van der Waals surface area contributed by atoms with E-state index in [-0.39, 0.29) is 11.8 Å². The van der Waals surface area contributed by atoms with E-state index in [1.807, 2.05) is 78.9 Å². The first kappa shape index (κ1) is 15.3. The number of β-lactam (4-membered cyclic amide) rings is 1. The quantitative estimate of drug-likeness (QED) is 0.538. The Morgan fingerprint density at radius 2 is 1.16 bits per heavy atom. The predicted molar refractivity (Wildman–Crippen MR) is 95.9 cm³/mol. The number of amides is 2. The lowest BCUT2D eigenvalue weighted by Gasteiger charge is -2.51. The standard InChI is InChI=1S/C22H17NO2/c24-20-16-22(18-12-6-2-7-13-18,19-14-8-3-9-15-19)23(20)21(25)17-10-4-1-5-11-17/h1-15H,16H2. The minimum atomic E-state index is -0.744. The van der Waals surface area contributed by atoms with Crippen molar-refractivity contribution >= 4 is 11.8 Å². The second kappa shape index (κ2) is 6.02. The van der Waals surface area contributed by atoms with Gasteiger partial charge in [-0.15, -0.1) is 0 Å². The summed E-state index contributed by atoms with van der Waals surface area (Å²) in [5.41, 5.74) is 1.67. The molecule has 1 saturated heterocycles. The molecule has 0 radical (unpaired) electrons. The summed E-state index contributed by atoms with van der Waals surface area (Å²) in [6.45, 7) is 0. The van der Waals surface area contributed by atoms with Crippen molar-refractivity contribution in [3.05, 3.63) is 108 Å². The Balaban J connectivity index is 1.87. The summed E-state index contributed by atoms with van der Waals surface area (Å²) < 4.78 is 0. The highest BCUT2D eigenvalue weighted by molar-refractivity contribution is 6.10. The molecule has 0 atom stereocenters. The third-order valence-electron chi connectivity index (χ3n) is 4.76. The van der Waals surface area contributed by atoms with Gasteiger partial charge in [-0.05, 0) is 23.3 Å². The van der Waals surface area contributed by atoms with Gasteiger partial charge in [-0.1, -0.05) is 78.9 Å². The van der Waals surface area contributed by atoms with Gasteiger partial charge in [0.25, 0.3) is 5.91 Å². The zero-order chi connectivity index (χ0) is 17.3. The van der Waals surface area contributed by atoms with Crippen molar-refractivity contribution < 1.29 is 9.59 Å². The van der Waals surface area contributed by atoms with Crippen LogP contribution in [-0.4, -0.2) is 16.7 Å². The number of carbonyl (C=O) groups is 2.